The lowest BCUT2D eigenvalue weighted by molar-refractivity contribution is -0.139. The highest BCUT2D eigenvalue weighted by atomic mass is 32.2. The van der Waals surface area contributed by atoms with Crippen LogP contribution in [-0.2, 0) is 14.8 Å². The molecule has 0 aromatic carbocycles. The molecule has 0 bridgehead atoms. The highest BCUT2D eigenvalue weighted by Crippen LogP contribution is 2.27. The second-order valence-electron chi connectivity index (χ2n) is 8.35. The van der Waals surface area contributed by atoms with Crippen molar-refractivity contribution in [2.75, 3.05) is 49.9 Å². The van der Waals surface area contributed by atoms with Gasteiger partial charge in [-0.2, -0.15) is 0 Å². The van der Waals surface area contributed by atoms with Gasteiger partial charge in [0.1, 0.15) is 0 Å². The number of carbonyl (C=O) groups excluding carboxylic acids is 1. The summed E-state index contributed by atoms with van der Waals surface area (Å²) >= 11 is 0. The average molecular weight is 381 g/mol. The van der Waals surface area contributed by atoms with E-state index in [1.165, 1.54) is 4.31 Å². The predicted molar refractivity (Wildman–Crippen MR) is 101 cm³/mol. The summed E-state index contributed by atoms with van der Waals surface area (Å²) in [4.78, 5) is 20.8. The van der Waals surface area contributed by atoms with Crippen molar-refractivity contribution in [3.05, 3.63) is 24.5 Å². The van der Waals surface area contributed by atoms with E-state index < -0.39 is 10.0 Å². The Morgan fingerprint density at radius 3 is 2.23 bits per heavy atom. The third-order valence-electron chi connectivity index (χ3n) is 4.83. The van der Waals surface area contributed by atoms with Gasteiger partial charge in [-0.05, 0) is 17.5 Å². The summed E-state index contributed by atoms with van der Waals surface area (Å²) in [6.07, 6.45) is 3.54. The molecule has 2 aliphatic rings. The van der Waals surface area contributed by atoms with E-state index in [0.717, 1.165) is 18.8 Å². The minimum atomic E-state index is -3.27. The fourth-order valence-corrected chi connectivity index (χ4v) is 5.55. The summed E-state index contributed by atoms with van der Waals surface area (Å²) in [6.45, 7) is 9.30. The van der Waals surface area contributed by atoms with E-state index in [0.29, 0.717) is 26.2 Å². The van der Waals surface area contributed by atoms with Crippen LogP contribution in [0, 0.1) is 11.3 Å². The molecule has 1 amide bonds. The van der Waals surface area contributed by atoms with Gasteiger partial charge < -0.3 is 9.80 Å². The topological polar surface area (TPSA) is 73.8 Å². The van der Waals surface area contributed by atoms with E-state index in [9.17, 15) is 13.2 Å². The molecule has 0 N–H and O–H groups in total. The number of aromatic nitrogens is 1. The Morgan fingerprint density at radius 1 is 1.12 bits per heavy atom. The highest BCUT2D eigenvalue weighted by molar-refractivity contribution is 7.89. The molecule has 1 aromatic heterocycles. The number of piperazine rings is 1. The van der Waals surface area contributed by atoms with Crippen LogP contribution in [0.4, 0.5) is 5.69 Å². The number of hydrogen-bond donors (Lipinski definition) is 0. The summed E-state index contributed by atoms with van der Waals surface area (Å²) < 4.78 is 26.2. The van der Waals surface area contributed by atoms with Crippen molar-refractivity contribution < 1.29 is 13.2 Å². The Labute approximate surface area is 156 Å². The molecule has 1 aromatic rings. The summed E-state index contributed by atoms with van der Waals surface area (Å²) in [6, 6.07) is 3.95. The molecule has 0 aliphatic carbocycles. The van der Waals surface area contributed by atoms with Gasteiger partial charge >= 0.3 is 0 Å². The number of nitrogens with zero attached hydrogens (tertiary/aromatic N) is 4. The van der Waals surface area contributed by atoms with Gasteiger partial charge in [0.25, 0.3) is 0 Å². The first-order valence-electron chi connectivity index (χ1n) is 9.07. The maximum absolute atomic E-state index is 12.7. The third kappa shape index (κ3) is 4.35. The van der Waals surface area contributed by atoms with Crippen molar-refractivity contribution in [3.8, 4) is 0 Å². The Balaban J connectivity index is 1.49. The van der Waals surface area contributed by atoms with Crippen molar-refractivity contribution in [1.29, 1.82) is 0 Å². The number of rotatable bonds is 4. The molecular weight excluding hydrogens is 352 g/mol. The first-order chi connectivity index (χ1) is 12.2. The van der Waals surface area contributed by atoms with Crippen LogP contribution in [0.25, 0.3) is 0 Å². The van der Waals surface area contributed by atoms with Crippen LogP contribution >= 0.6 is 0 Å². The van der Waals surface area contributed by atoms with Gasteiger partial charge in [0.15, 0.2) is 0 Å². The summed E-state index contributed by atoms with van der Waals surface area (Å²) in [7, 11) is -3.27. The molecule has 2 aliphatic heterocycles. The average Bonchev–Trinajstić information content (AvgIpc) is 2.52. The van der Waals surface area contributed by atoms with Crippen LogP contribution < -0.4 is 4.90 Å². The Kier molecular flexibility index (Phi) is 5.25. The molecule has 3 rings (SSSR count). The molecule has 26 heavy (non-hydrogen) atoms. The lowest BCUT2D eigenvalue weighted by Gasteiger charge is -2.43. The zero-order valence-electron chi connectivity index (χ0n) is 15.8. The van der Waals surface area contributed by atoms with E-state index in [4.69, 9.17) is 0 Å². The number of hydrogen-bond acceptors (Lipinski definition) is 5. The molecule has 8 heteroatoms. The van der Waals surface area contributed by atoms with Crippen molar-refractivity contribution in [2.24, 2.45) is 11.3 Å². The van der Waals surface area contributed by atoms with Gasteiger partial charge in [0.2, 0.25) is 15.9 Å². The molecule has 3 heterocycles. The van der Waals surface area contributed by atoms with Gasteiger partial charge in [0.05, 0.1) is 11.7 Å². The predicted octanol–water partition coefficient (Wildman–Crippen LogP) is 1.04. The van der Waals surface area contributed by atoms with Crippen LogP contribution in [0.1, 0.15) is 20.8 Å². The smallest absolute Gasteiger partial charge is 0.228 e. The fraction of sp³-hybridized carbons (Fsp3) is 0.667. The lowest BCUT2D eigenvalue weighted by atomic mass is 10.0. The van der Waals surface area contributed by atoms with E-state index in [2.05, 4.69) is 9.88 Å². The number of sulfonamides is 1. The molecule has 144 valence electrons. The first-order valence-corrected chi connectivity index (χ1v) is 10.7. The van der Waals surface area contributed by atoms with Gasteiger partial charge in [-0.3, -0.25) is 9.78 Å². The fourth-order valence-electron chi connectivity index (χ4n) is 3.46. The standard InChI is InChI=1S/C18H28N4O3S/c1-18(2,3)14-26(24,25)22-12-15(13-22)17(23)21-10-8-20(9-11-21)16-4-6-19-7-5-16/h4-7,15H,8-14H2,1-3H3. The molecule has 2 fully saturated rings. The third-order valence-corrected chi connectivity index (χ3v) is 7.14. The zero-order valence-corrected chi connectivity index (χ0v) is 16.6. The molecule has 0 atom stereocenters. The number of anilines is 1. The van der Waals surface area contributed by atoms with E-state index in [1.807, 2.05) is 37.8 Å². The van der Waals surface area contributed by atoms with Crippen LogP contribution in [-0.4, -0.2) is 73.5 Å². The normalized spacial score (nSPS) is 20.1. The minimum absolute atomic E-state index is 0.0848. The van der Waals surface area contributed by atoms with E-state index >= 15 is 0 Å². The quantitative estimate of drug-likeness (QED) is 0.780. The van der Waals surface area contributed by atoms with Gasteiger partial charge in [-0.15, -0.1) is 0 Å². The van der Waals surface area contributed by atoms with Gasteiger partial charge in [0, 0.05) is 57.3 Å². The molecule has 0 radical (unpaired) electrons. The molecule has 0 spiro atoms. The van der Waals surface area contributed by atoms with Crippen molar-refractivity contribution in [2.45, 2.75) is 20.8 Å². The van der Waals surface area contributed by atoms with E-state index in [1.54, 1.807) is 12.4 Å². The van der Waals surface area contributed by atoms with Crippen molar-refractivity contribution in [3.63, 3.8) is 0 Å². The van der Waals surface area contributed by atoms with Crippen LogP contribution in [0.15, 0.2) is 24.5 Å². The van der Waals surface area contributed by atoms with Crippen molar-refractivity contribution >= 4 is 21.6 Å². The monoisotopic (exact) mass is 380 g/mol. The Hall–Kier alpha value is -1.67. The second-order valence-corrected chi connectivity index (χ2v) is 10.3. The summed E-state index contributed by atoms with van der Waals surface area (Å²) in [5, 5.41) is 0. The molecule has 0 unspecified atom stereocenters. The first kappa shape index (κ1) is 19.1. The van der Waals surface area contributed by atoms with Crippen LogP contribution in [0.2, 0.25) is 0 Å². The number of pyridine rings is 1. The minimum Gasteiger partial charge on any atom is -0.368 e. The lowest BCUT2D eigenvalue weighted by Crippen LogP contribution is -2.59. The number of carbonyl (C=O) groups is 1. The van der Waals surface area contributed by atoms with Crippen molar-refractivity contribution in [1.82, 2.24) is 14.2 Å². The zero-order chi connectivity index (χ0) is 18.9. The molecular formula is C18H28N4O3S. The molecule has 0 saturated carbocycles. The van der Waals surface area contributed by atoms with Crippen LogP contribution in [0.3, 0.4) is 0 Å². The highest BCUT2D eigenvalue weighted by Gasteiger charge is 2.42. The van der Waals surface area contributed by atoms with Crippen LogP contribution in [0.5, 0.6) is 0 Å². The SMILES string of the molecule is CC(C)(C)CS(=O)(=O)N1CC(C(=O)N2CCN(c3ccncc3)CC2)C1. The maximum Gasteiger partial charge on any atom is 0.228 e. The maximum atomic E-state index is 12.7. The largest absolute Gasteiger partial charge is 0.368 e. The second kappa shape index (κ2) is 7.15. The van der Waals surface area contributed by atoms with Gasteiger partial charge in [-0.25, -0.2) is 12.7 Å². The van der Waals surface area contributed by atoms with E-state index in [-0.39, 0.29) is 23.0 Å². The molecule has 2 saturated heterocycles. The van der Waals surface area contributed by atoms with Gasteiger partial charge in [-0.1, -0.05) is 20.8 Å². The number of amides is 1. The Morgan fingerprint density at radius 2 is 1.69 bits per heavy atom. The molecule has 7 nitrogen and oxygen atoms in total. The Bertz CT molecular complexity index is 731. The summed E-state index contributed by atoms with van der Waals surface area (Å²) in [5.74, 6) is 0.00437. The summed E-state index contributed by atoms with van der Waals surface area (Å²) in [5.41, 5.74) is 0.840.